The molecule has 0 aliphatic rings. The summed E-state index contributed by atoms with van der Waals surface area (Å²) in [6.07, 6.45) is 1.87. The Kier molecular flexibility index (Phi) is 2.41. The molecule has 2 rings (SSSR count). The predicted molar refractivity (Wildman–Crippen MR) is 56.9 cm³/mol. The van der Waals surface area contributed by atoms with Gasteiger partial charge in [0.1, 0.15) is 11.3 Å². The Morgan fingerprint density at radius 2 is 2.20 bits per heavy atom. The number of nitrogens with zero attached hydrogens (tertiary/aromatic N) is 1. The monoisotopic (exact) mass is 205 g/mol. The molecule has 0 fully saturated rings. The Morgan fingerprint density at radius 1 is 1.40 bits per heavy atom. The highest BCUT2D eigenvalue weighted by Gasteiger charge is 2.09. The lowest BCUT2D eigenvalue weighted by atomic mass is 10.2. The molecule has 1 heterocycles. The van der Waals surface area contributed by atoms with E-state index < -0.39 is 4.92 Å². The highest BCUT2D eigenvalue weighted by Crippen LogP contribution is 2.24. The first kappa shape index (κ1) is 9.71. The number of furan rings is 1. The van der Waals surface area contributed by atoms with Gasteiger partial charge in [0.25, 0.3) is 5.69 Å². The van der Waals surface area contributed by atoms with E-state index in [0.717, 1.165) is 24.0 Å². The van der Waals surface area contributed by atoms with E-state index >= 15 is 0 Å². The maximum atomic E-state index is 10.5. The van der Waals surface area contributed by atoms with Gasteiger partial charge in [-0.2, -0.15) is 0 Å². The molecule has 0 bridgehead atoms. The van der Waals surface area contributed by atoms with Gasteiger partial charge in [0, 0.05) is 17.9 Å². The molecule has 0 atom stereocenters. The fourth-order valence-electron chi connectivity index (χ4n) is 1.56. The zero-order chi connectivity index (χ0) is 10.8. The number of nitro groups is 1. The summed E-state index contributed by atoms with van der Waals surface area (Å²) in [7, 11) is 0. The van der Waals surface area contributed by atoms with Crippen LogP contribution in [-0.2, 0) is 6.42 Å². The van der Waals surface area contributed by atoms with Gasteiger partial charge in [-0.3, -0.25) is 10.1 Å². The van der Waals surface area contributed by atoms with Crippen molar-refractivity contribution < 1.29 is 9.34 Å². The van der Waals surface area contributed by atoms with Crippen molar-refractivity contribution in [3.63, 3.8) is 0 Å². The minimum Gasteiger partial charge on any atom is -0.461 e. The van der Waals surface area contributed by atoms with Crippen molar-refractivity contribution in [1.29, 1.82) is 0 Å². The normalized spacial score (nSPS) is 10.7. The van der Waals surface area contributed by atoms with Crippen LogP contribution in [0.15, 0.2) is 28.7 Å². The molecule has 0 aliphatic carbocycles. The molecule has 4 nitrogen and oxygen atoms in total. The second-order valence-corrected chi connectivity index (χ2v) is 3.44. The SMILES string of the molecule is CCCc1cc2ccc([N+](=O)[O-])cc2o1. The van der Waals surface area contributed by atoms with E-state index in [1.165, 1.54) is 12.1 Å². The van der Waals surface area contributed by atoms with Crippen LogP contribution in [0, 0.1) is 10.1 Å². The maximum Gasteiger partial charge on any atom is 0.273 e. The minimum absolute atomic E-state index is 0.0694. The van der Waals surface area contributed by atoms with Crippen LogP contribution >= 0.6 is 0 Å². The van der Waals surface area contributed by atoms with Crippen LogP contribution in [0.1, 0.15) is 19.1 Å². The summed E-state index contributed by atoms with van der Waals surface area (Å²) in [5, 5.41) is 11.5. The van der Waals surface area contributed by atoms with Gasteiger partial charge in [0.15, 0.2) is 0 Å². The number of hydrogen-bond donors (Lipinski definition) is 0. The van der Waals surface area contributed by atoms with E-state index in [1.807, 2.05) is 6.07 Å². The summed E-state index contributed by atoms with van der Waals surface area (Å²) in [6.45, 7) is 2.07. The number of nitro benzene ring substituents is 1. The number of hydrogen-bond acceptors (Lipinski definition) is 3. The van der Waals surface area contributed by atoms with Crippen LogP contribution in [-0.4, -0.2) is 4.92 Å². The molecule has 1 aromatic carbocycles. The smallest absolute Gasteiger partial charge is 0.273 e. The van der Waals surface area contributed by atoms with Crippen LogP contribution in [0.2, 0.25) is 0 Å². The number of aryl methyl sites for hydroxylation is 1. The standard InChI is InChI=1S/C11H11NO3/c1-2-3-10-6-8-4-5-9(12(13)14)7-11(8)15-10/h4-7H,2-3H2,1H3. The summed E-state index contributed by atoms with van der Waals surface area (Å²) in [6, 6.07) is 6.61. The van der Waals surface area contributed by atoms with Crippen LogP contribution in [0.5, 0.6) is 0 Å². The van der Waals surface area contributed by atoms with Crippen molar-refractivity contribution in [1.82, 2.24) is 0 Å². The average molecular weight is 205 g/mol. The van der Waals surface area contributed by atoms with Crippen molar-refractivity contribution in [3.05, 3.63) is 40.1 Å². The Balaban J connectivity index is 2.47. The van der Waals surface area contributed by atoms with E-state index in [4.69, 9.17) is 4.42 Å². The van der Waals surface area contributed by atoms with Gasteiger partial charge in [-0.1, -0.05) is 6.92 Å². The summed E-state index contributed by atoms with van der Waals surface area (Å²) < 4.78 is 5.49. The van der Waals surface area contributed by atoms with Crippen molar-refractivity contribution >= 4 is 16.7 Å². The van der Waals surface area contributed by atoms with E-state index in [2.05, 4.69) is 6.92 Å². The lowest BCUT2D eigenvalue weighted by Crippen LogP contribution is -1.85. The molecule has 0 N–H and O–H groups in total. The largest absolute Gasteiger partial charge is 0.461 e. The zero-order valence-corrected chi connectivity index (χ0v) is 8.40. The highest BCUT2D eigenvalue weighted by atomic mass is 16.6. The number of benzene rings is 1. The third-order valence-corrected chi connectivity index (χ3v) is 2.26. The molecular formula is C11H11NO3. The summed E-state index contributed by atoms with van der Waals surface area (Å²) in [5.41, 5.74) is 0.660. The number of fused-ring (bicyclic) bond motifs is 1. The molecule has 15 heavy (non-hydrogen) atoms. The molecule has 0 saturated carbocycles. The third kappa shape index (κ3) is 1.83. The van der Waals surface area contributed by atoms with Crippen molar-refractivity contribution in [3.8, 4) is 0 Å². The van der Waals surface area contributed by atoms with Gasteiger partial charge in [0.2, 0.25) is 0 Å². The Hall–Kier alpha value is -1.84. The summed E-state index contributed by atoms with van der Waals surface area (Å²) in [4.78, 5) is 10.1. The minimum atomic E-state index is -0.415. The van der Waals surface area contributed by atoms with Gasteiger partial charge in [-0.15, -0.1) is 0 Å². The first-order chi connectivity index (χ1) is 7.20. The van der Waals surface area contributed by atoms with Crippen LogP contribution in [0.3, 0.4) is 0 Å². The van der Waals surface area contributed by atoms with Crippen molar-refractivity contribution in [2.24, 2.45) is 0 Å². The first-order valence-electron chi connectivity index (χ1n) is 4.87. The van der Waals surface area contributed by atoms with Crippen molar-refractivity contribution in [2.75, 3.05) is 0 Å². The molecule has 0 unspecified atom stereocenters. The lowest BCUT2D eigenvalue weighted by molar-refractivity contribution is -0.384. The Labute approximate surface area is 86.7 Å². The number of rotatable bonds is 3. The molecule has 78 valence electrons. The van der Waals surface area contributed by atoms with Gasteiger partial charge < -0.3 is 4.42 Å². The molecule has 2 aromatic rings. The Bertz CT molecular complexity index is 502. The predicted octanol–water partition coefficient (Wildman–Crippen LogP) is 3.29. The molecule has 0 aliphatic heterocycles. The quantitative estimate of drug-likeness (QED) is 0.570. The zero-order valence-electron chi connectivity index (χ0n) is 8.40. The highest BCUT2D eigenvalue weighted by molar-refractivity contribution is 5.80. The topological polar surface area (TPSA) is 56.3 Å². The summed E-state index contributed by atoms with van der Waals surface area (Å²) in [5.74, 6) is 0.882. The fraction of sp³-hybridized carbons (Fsp3) is 0.273. The first-order valence-corrected chi connectivity index (χ1v) is 4.87. The van der Waals surface area contributed by atoms with E-state index in [0.29, 0.717) is 5.58 Å². The van der Waals surface area contributed by atoms with Crippen LogP contribution < -0.4 is 0 Å². The molecule has 0 spiro atoms. The molecule has 0 saturated heterocycles. The molecule has 0 amide bonds. The fourth-order valence-corrected chi connectivity index (χ4v) is 1.56. The van der Waals surface area contributed by atoms with Gasteiger partial charge >= 0.3 is 0 Å². The molecule has 1 aromatic heterocycles. The molecule has 4 heteroatoms. The van der Waals surface area contributed by atoms with Crippen molar-refractivity contribution in [2.45, 2.75) is 19.8 Å². The third-order valence-electron chi connectivity index (χ3n) is 2.26. The molecular weight excluding hydrogens is 194 g/mol. The van der Waals surface area contributed by atoms with E-state index in [-0.39, 0.29) is 5.69 Å². The van der Waals surface area contributed by atoms with E-state index in [9.17, 15) is 10.1 Å². The van der Waals surface area contributed by atoms with Crippen LogP contribution in [0.25, 0.3) is 11.0 Å². The number of non-ortho nitro benzene ring substituents is 1. The maximum absolute atomic E-state index is 10.5. The second-order valence-electron chi connectivity index (χ2n) is 3.44. The molecule has 0 radical (unpaired) electrons. The Morgan fingerprint density at radius 3 is 2.87 bits per heavy atom. The summed E-state index contributed by atoms with van der Waals surface area (Å²) >= 11 is 0. The van der Waals surface area contributed by atoms with Gasteiger partial charge in [0.05, 0.1) is 11.0 Å². The van der Waals surface area contributed by atoms with Gasteiger partial charge in [-0.25, -0.2) is 0 Å². The van der Waals surface area contributed by atoms with Gasteiger partial charge in [-0.05, 0) is 18.6 Å². The lowest BCUT2D eigenvalue weighted by Gasteiger charge is -1.90. The van der Waals surface area contributed by atoms with Crippen LogP contribution in [0.4, 0.5) is 5.69 Å². The second kappa shape index (κ2) is 3.73. The van der Waals surface area contributed by atoms with E-state index in [1.54, 1.807) is 6.07 Å². The average Bonchev–Trinajstić information content (AvgIpc) is 2.59.